The number of esters is 1. The van der Waals surface area contributed by atoms with Crippen LogP contribution >= 0.6 is 11.8 Å². The Morgan fingerprint density at radius 2 is 1.76 bits per heavy atom. The summed E-state index contributed by atoms with van der Waals surface area (Å²) in [4.78, 5) is 20.6. The summed E-state index contributed by atoms with van der Waals surface area (Å²) in [5.41, 5.74) is 3.22. The van der Waals surface area contributed by atoms with Crippen molar-refractivity contribution in [3.05, 3.63) is 66.2 Å². The molecule has 0 saturated heterocycles. The van der Waals surface area contributed by atoms with E-state index in [1.165, 1.54) is 18.9 Å². The summed E-state index contributed by atoms with van der Waals surface area (Å²) in [5, 5.41) is 3.95. The quantitative estimate of drug-likeness (QED) is 0.418. The molecule has 2 aromatic carbocycles. The molecule has 0 bridgehead atoms. The smallest absolute Gasteiger partial charge is 0.337 e. The predicted octanol–water partition coefficient (Wildman–Crippen LogP) is 4.40. The maximum Gasteiger partial charge on any atom is 0.337 e. The van der Waals surface area contributed by atoms with E-state index >= 15 is 0 Å². The van der Waals surface area contributed by atoms with Crippen LogP contribution in [0.3, 0.4) is 0 Å². The molecule has 0 aliphatic carbocycles. The van der Waals surface area contributed by atoms with Gasteiger partial charge in [-0.1, -0.05) is 42.1 Å². The van der Waals surface area contributed by atoms with E-state index in [0.29, 0.717) is 16.5 Å². The standard InChI is InChI=1S/C19H17N3O2S/c1-24-18(23)14-8-10-15(11-9-14)20-17-12-16(21-19(22-17)25-2)13-6-4-3-5-7-13/h3-12H,1-2H3,(H,20,21,22). The van der Waals surface area contributed by atoms with Gasteiger partial charge >= 0.3 is 5.97 Å². The number of nitrogens with one attached hydrogen (secondary N) is 1. The molecule has 126 valence electrons. The van der Waals surface area contributed by atoms with E-state index in [1.54, 1.807) is 12.1 Å². The fraction of sp³-hybridized carbons (Fsp3) is 0.105. The first-order valence-corrected chi connectivity index (χ1v) is 8.86. The second kappa shape index (κ2) is 7.81. The molecule has 0 radical (unpaired) electrons. The molecule has 3 aromatic rings. The summed E-state index contributed by atoms with van der Waals surface area (Å²) in [6.45, 7) is 0. The van der Waals surface area contributed by atoms with Crippen molar-refractivity contribution in [2.75, 3.05) is 18.7 Å². The van der Waals surface area contributed by atoms with E-state index < -0.39 is 0 Å². The molecule has 0 aliphatic rings. The number of carbonyl (C=O) groups is 1. The summed E-state index contributed by atoms with van der Waals surface area (Å²) in [7, 11) is 1.37. The lowest BCUT2D eigenvalue weighted by Gasteiger charge is -2.10. The van der Waals surface area contributed by atoms with Crippen LogP contribution in [0.4, 0.5) is 11.5 Å². The van der Waals surface area contributed by atoms with Crippen LogP contribution in [0, 0.1) is 0 Å². The monoisotopic (exact) mass is 351 g/mol. The summed E-state index contributed by atoms with van der Waals surface area (Å²) in [5.74, 6) is 0.341. The second-order valence-corrected chi connectivity index (χ2v) is 5.96. The van der Waals surface area contributed by atoms with E-state index in [4.69, 9.17) is 4.74 Å². The van der Waals surface area contributed by atoms with Crippen LogP contribution in [-0.4, -0.2) is 29.3 Å². The normalized spacial score (nSPS) is 10.3. The number of aromatic nitrogens is 2. The molecule has 0 atom stereocenters. The lowest BCUT2D eigenvalue weighted by atomic mass is 10.1. The molecule has 6 heteroatoms. The van der Waals surface area contributed by atoms with Gasteiger partial charge in [0.15, 0.2) is 5.16 Å². The molecule has 0 fully saturated rings. The van der Waals surface area contributed by atoms with Gasteiger partial charge in [-0.3, -0.25) is 0 Å². The van der Waals surface area contributed by atoms with Crippen molar-refractivity contribution in [3.63, 3.8) is 0 Å². The third-order valence-corrected chi connectivity index (χ3v) is 4.08. The zero-order valence-electron chi connectivity index (χ0n) is 13.9. The topological polar surface area (TPSA) is 64.1 Å². The van der Waals surface area contributed by atoms with Gasteiger partial charge in [-0.2, -0.15) is 0 Å². The molecule has 0 unspecified atom stereocenters. The molecule has 1 heterocycles. The highest BCUT2D eigenvalue weighted by molar-refractivity contribution is 7.98. The van der Waals surface area contributed by atoms with Crippen LogP contribution in [0.25, 0.3) is 11.3 Å². The van der Waals surface area contributed by atoms with Gasteiger partial charge in [-0.15, -0.1) is 0 Å². The van der Waals surface area contributed by atoms with E-state index in [9.17, 15) is 4.79 Å². The minimum atomic E-state index is -0.357. The zero-order valence-corrected chi connectivity index (χ0v) is 14.7. The Bertz CT molecular complexity index is 868. The van der Waals surface area contributed by atoms with Crippen LogP contribution < -0.4 is 5.32 Å². The SMILES string of the molecule is COC(=O)c1ccc(Nc2cc(-c3ccccc3)nc(SC)n2)cc1. The van der Waals surface area contributed by atoms with Crippen LogP contribution in [-0.2, 0) is 4.74 Å². The third-order valence-electron chi connectivity index (χ3n) is 3.54. The third kappa shape index (κ3) is 4.16. The summed E-state index contributed by atoms with van der Waals surface area (Å²) < 4.78 is 4.71. The number of nitrogens with zero attached hydrogens (tertiary/aromatic N) is 2. The number of thioether (sulfide) groups is 1. The average Bonchev–Trinajstić information content (AvgIpc) is 2.68. The Morgan fingerprint density at radius 3 is 2.40 bits per heavy atom. The van der Waals surface area contributed by atoms with E-state index in [0.717, 1.165) is 16.9 Å². The lowest BCUT2D eigenvalue weighted by molar-refractivity contribution is 0.0601. The number of hydrogen-bond acceptors (Lipinski definition) is 6. The number of hydrogen-bond donors (Lipinski definition) is 1. The Labute approximate surface area is 150 Å². The van der Waals surface area contributed by atoms with Gasteiger partial charge in [-0.25, -0.2) is 14.8 Å². The molecular weight excluding hydrogens is 334 g/mol. The largest absolute Gasteiger partial charge is 0.465 e. The predicted molar refractivity (Wildman–Crippen MR) is 100 cm³/mol. The van der Waals surface area contributed by atoms with Crippen molar-refractivity contribution >= 4 is 29.2 Å². The highest BCUT2D eigenvalue weighted by atomic mass is 32.2. The van der Waals surface area contributed by atoms with Crippen molar-refractivity contribution in [1.29, 1.82) is 0 Å². The highest BCUT2D eigenvalue weighted by Crippen LogP contribution is 2.24. The molecule has 1 aromatic heterocycles. The number of anilines is 2. The number of carbonyl (C=O) groups excluding carboxylic acids is 1. The van der Waals surface area contributed by atoms with E-state index in [1.807, 2.05) is 54.8 Å². The van der Waals surface area contributed by atoms with Crippen LogP contribution in [0.5, 0.6) is 0 Å². The molecule has 0 amide bonds. The molecule has 25 heavy (non-hydrogen) atoms. The Morgan fingerprint density at radius 1 is 1.04 bits per heavy atom. The molecule has 1 N–H and O–H groups in total. The molecule has 0 saturated carbocycles. The van der Waals surface area contributed by atoms with Crippen LogP contribution in [0.2, 0.25) is 0 Å². The summed E-state index contributed by atoms with van der Waals surface area (Å²) >= 11 is 1.49. The van der Waals surface area contributed by atoms with Gasteiger partial charge in [0.2, 0.25) is 0 Å². The summed E-state index contributed by atoms with van der Waals surface area (Å²) in [6.07, 6.45) is 1.94. The zero-order chi connectivity index (χ0) is 17.6. The molecule has 5 nitrogen and oxygen atoms in total. The van der Waals surface area contributed by atoms with E-state index in [-0.39, 0.29) is 5.97 Å². The van der Waals surface area contributed by atoms with Gasteiger partial charge in [0, 0.05) is 17.3 Å². The molecule has 0 aliphatic heterocycles. The maximum absolute atomic E-state index is 11.5. The van der Waals surface area contributed by atoms with Crippen LogP contribution in [0.1, 0.15) is 10.4 Å². The minimum absolute atomic E-state index is 0.357. The Kier molecular flexibility index (Phi) is 5.30. The fourth-order valence-electron chi connectivity index (χ4n) is 2.29. The van der Waals surface area contributed by atoms with Crippen molar-refractivity contribution in [3.8, 4) is 11.3 Å². The lowest BCUT2D eigenvalue weighted by Crippen LogP contribution is -2.02. The Hall–Kier alpha value is -2.86. The van der Waals surface area contributed by atoms with Gasteiger partial charge in [0.05, 0.1) is 18.4 Å². The second-order valence-electron chi connectivity index (χ2n) is 5.19. The number of methoxy groups -OCH3 is 1. The van der Waals surface area contributed by atoms with Crippen molar-refractivity contribution in [2.45, 2.75) is 5.16 Å². The average molecular weight is 351 g/mol. The summed E-state index contributed by atoms with van der Waals surface area (Å²) in [6, 6.07) is 18.9. The highest BCUT2D eigenvalue weighted by Gasteiger charge is 2.08. The van der Waals surface area contributed by atoms with Gasteiger partial charge < -0.3 is 10.1 Å². The van der Waals surface area contributed by atoms with Crippen molar-refractivity contribution in [2.24, 2.45) is 0 Å². The molecule has 0 spiro atoms. The Balaban J connectivity index is 1.88. The maximum atomic E-state index is 11.5. The number of rotatable bonds is 5. The first kappa shape index (κ1) is 17.0. The van der Waals surface area contributed by atoms with Gasteiger partial charge in [0.1, 0.15) is 5.82 Å². The number of ether oxygens (including phenoxy) is 1. The van der Waals surface area contributed by atoms with E-state index in [2.05, 4.69) is 15.3 Å². The van der Waals surface area contributed by atoms with Crippen molar-refractivity contribution < 1.29 is 9.53 Å². The molecule has 3 rings (SSSR count). The van der Waals surface area contributed by atoms with Crippen molar-refractivity contribution in [1.82, 2.24) is 9.97 Å². The van der Waals surface area contributed by atoms with Gasteiger partial charge in [0.25, 0.3) is 0 Å². The van der Waals surface area contributed by atoms with Crippen LogP contribution in [0.15, 0.2) is 65.8 Å². The minimum Gasteiger partial charge on any atom is -0.465 e. The first-order chi connectivity index (χ1) is 12.2. The van der Waals surface area contributed by atoms with Gasteiger partial charge in [-0.05, 0) is 30.5 Å². The first-order valence-electron chi connectivity index (χ1n) is 7.63. The molecular formula is C19H17N3O2S. The number of benzene rings is 2. The fourth-order valence-corrected chi connectivity index (χ4v) is 2.67.